The zero-order valence-corrected chi connectivity index (χ0v) is 11.1. The highest BCUT2D eigenvalue weighted by atomic mass is 14.7. The van der Waals surface area contributed by atoms with Crippen LogP contribution in [0.4, 0.5) is 0 Å². The molecule has 0 spiro atoms. The van der Waals surface area contributed by atoms with E-state index >= 15 is 0 Å². The number of hydrogen-bond donors (Lipinski definition) is 0. The number of rotatable bonds is 0. The lowest BCUT2D eigenvalue weighted by atomic mass is 9.36. The van der Waals surface area contributed by atoms with Gasteiger partial charge in [-0.05, 0) is 25.6 Å². The number of fused-ring (bicyclic) bond motifs is 1. The lowest BCUT2D eigenvalue weighted by Gasteiger charge is -2.61. The number of nitriles is 4. The summed E-state index contributed by atoms with van der Waals surface area (Å²) in [4.78, 5) is 0. The Bertz CT molecular complexity index is 732. The summed E-state index contributed by atoms with van der Waals surface area (Å²) in [5.41, 5.74) is -2.57. The maximum Gasteiger partial charge on any atom is 0.182 e. The number of nitrogens with zero attached hydrogens (tertiary/aromatic N) is 4. The van der Waals surface area contributed by atoms with Gasteiger partial charge in [-0.1, -0.05) is 23.3 Å². The molecule has 0 aromatic carbocycles. The number of hydrogen-bond acceptors (Lipinski definition) is 4. The van der Waals surface area contributed by atoms with Crippen molar-refractivity contribution in [3.05, 3.63) is 23.3 Å². The molecule has 4 atom stereocenters. The van der Waals surface area contributed by atoms with Crippen LogP contribution >= 0.6 is 0 Å². The van der Waals surface area contributed by atoms with Gasteiger partial charge in [0.05, 0.1) is 24.3 Å². The minimum Gasteiger partial charge on any atom is -0.196 e. The molecule has 20 heavy (non-hydrogen) atoms. The van der Waals surface area contributed by atoms with E-state index in [2.05, 4.69) is 0 Å². The Balaban J connectivity index is 2.47. The van der Waals surface area contributed by atoms with Crippen LogP contribution in [0.3, 0.4) is 0 Å². The van der Waals surface area contributed by atoms with Crippen LogP contribution in [0, 0.1) is 79.8 Å². The van der Waals surface area contributed by atoms with Crippen molar-refractivity contribution in [3.63, 3.8) is 0 Å². The van der Waals surface area contributed by atoms with Gasteiger partial charge < -0.3 is 0 Å². The maximum atomic E-state index is 9.67. The predicted octanol–water partition coefficient (Wildman–Crippen LogP) is 2.45. The normalized spacial score (nSPS) is 46.5. The average Bonchev–Trinajstić information content (AvgIpc) is 2.56. The van der Waals surface area contributed by atoms with E-state index in [1.165, 1.54) is 0 Å². The Hall–Kier alpha value is -2.56. The fourth-order valence-corrected chi connectivity index (χ4v) is 3.85. The summed E-state index contributed by atoms with van der Waals surface area (Å²) in [6.07, 6.45) is 3.17. The summed E-state index contributed by atoms with van der Waals surface area (Å²) < 4.78 is 17.6. The molecule has 4 heteroatoms. The molecule has 0 heterocycles. The van der Waals surface area contributed by atoms with Crippen LogP contribution in [-0.4, -0.2) is 0 Å². The van der Waals surface area contributed by atoms with Crippen LogP contribution in [0.25, 0.3) is 0 Å². The van der Waals surface area contributed by atoms with Crippen LogP contribution < -0.4 is 0 Å². The highest BCUT2D eigenvalue weighted by molar-refractivity contribution is 5.52. The van der Waals surface area contributed by atoms with Crippen molar-refractivity contribution >= 4 is 0 Å². The molecule has 4 nitrogen and oxygen atoms in total. The van der Waals surface area contributed by atoms with Gasteiger partial charge in [0.25, 0.3) is 0 Å². The van der Waals surface area contributed by atoms with Gasteiger partial charge in [-0.2, -0.15) is 21.0 Å². The van der Waals surface area contributed by atoms with E-state index < -0.39 is 34.5 Å². The summed E-state index contributed by atoms with van der Waals surface area (Å²) in [6.45, 7) is 3.45. The molecule has 0 aromatic heterocycles. The molecule has 96 valence electrons. The molecule has 0 amide bonds. The van der Waals surface area contributed by atoms with E-state index in [0.717, 1.165) is 0 Å². The smallest absolute Gasteiger partial charge is 0.182 e. The molecule has 0 radical (unpaired) electrons. The lowest BCUT2D eigenvalue weighted by Crippen LogP contribution is -2.63. The fourth-order valence-electron chi connectivity index (χ4n) is 3.85. The van der Waals surface area contributed by atoms with E-state index in [-0.39, 0.29) is 0 Å². The molecular formula is C16H12N4. The van der Waals surface area contributed by atoms with Gasteiger partial charge in [-0.25, -0.2) is 0 Å². The van der Waals surface area contributed by atoms with Gasteiger partial charge in [-0.3, -0.25) is 0 Å². The van der Waals surface area contributed by atoms with Crippen molar-refractivity contribution in [1.82, 2.24) is 0 Å². The van der Waals surface area contributed by atoms with Crippen LogP contribution in [0.2, 0.25) is 0 Å². The number of allylic oxidation sites excluding steroid dienone is 4. The largest absolute Gasteiger partial charge is 0.196 e. The molecule has 0 aliphatic heterocycles. The summed E-state index contributed by atoms with van der Waals surface area (Å²) in [5.74, 6) is -4.83. The summed E-state index contributed by atoms with van der Waals surface area (Å²) in [6, 6.07) is 7.48. The van der Waals surface area contributed by atoms with Gasteiger partial charge in [-0.15, -0.1) is 0 Å². The minimum atomic E-state index is -1.94. The highest BCUT2D eigenvalue weighted by Gasteiger charge is 2.73. The third-order valence-electron chi connectivity index (χ3n) is 5.04. The first kappa shape index (κ1) is 10.3. The maximum absolute atomic E-state index is 9.67. The molecule has 0 saturated heterocycles. The van der Waals surface area contributed by atoms with Gasteiger partial charge in [0, 0.05) is 14.6 Å². The third-order valence-corrected chi connectivity index (χ3v) is 5.04. The van der Waals surface area contributed by atoms with Crippen molar-refractivity contribution < 1.29 is 2.74 Å². The van der Waals surface area contributed by atoms with E-state index in [0.29, 0.717) is 11.1 Å². The first-order valence-corrected chi connectivity index (χ1v) is 6.30. The SMILES string of the molecule is [2H]C12C(C)=C(C)C1([2H])C1C=CC2C(C#N)(C#N)C1(C#N)C#N. The fraction of sp³-hybridized carbons (Fsp3) is 0.500. The Morgan fingerprint density at radius 2 is 1.15 bits per heavy atom. The molecule has 4 aliphatic carbocycles. The van der Waals surface area contributed by atoms with Crippen molar-refractivity contribution in [2.75, 3.05) is 0 Å². The highest BCUT2D eigenvalue weighted by Crippen LogP contribution is 2.69. The standard InChI is InChI=1S/C16H12N4/c1-9-10(2)14-12-4-3-11(13(9)14)15(5-17,6-18)16(12,7-19)8-20/h3-4,11-14H,1-2H3/i13D,14D. The molecule has 4 unspecified atom stereocenters. The Labute approximate surface area is 120 Å². The monoisotopic (exact) mass is 262 g/mol. The van der Waals surface area contributed by atoms with Crippen LogP contribution in [0.5, 0.6) is 0 Å². The van der Waals surface area contributed by atoms with Crippen molar-refractivity contribution in [2.24, 2.45) is 34.5 Å². The first-order chi connectivity index (χ1) is 10.3. The average molecular weight is 262 g/mol. The molecule has 2 bridgehead atoms. The summed E-state index contributed by atoms with van der Waals surface area (Å²) in [5, 5.41) is 38.7. The van der Waals surface area contributed by atoms with Crippen LogP contribution in [0.1, 0.15) is 16.6 Å². The van der Waals surface area contributed by atoms with Gasteiger partial charge in [0.15, 0.2) is 10.8 Å². The zero-order valence-electron chi connectivity index (χ0n) is 13.1. The topological polar surface area (TPSA) is 95.2 Å². The van der Waals surface area contributed by atoms with E-state index in [1.54, 1.807) is 26.0 Å². The van der Waals surface area contributed by atoms with E-state index in [1.807, 2.05) is 24.3 Å². The van der Waals surface area contributed by atoms with Gasteiger partial charge in [0.1, 0.15) is 0 Å². The second-order valence-corrected chi connectivity index (χ2v) is 5.48. The molecule has 1 saturated carbocycles. The van der Waals surface area contributed by atoms with Crippen LogP contribution in [-0.2, 0) is 0 Å². The molecule has 0 aromatic rings. The zero-order chi connectivity index (χ0) is 16.6. The summed E-state index contributed by atoms with van der Waals surface area (Å²) >= 11 is 0. The van der Waals surface area contributed by atoms with E-state index in [4.69, 9.17) is 2.74 Å². The molecule has 1 fully saturated rings. The third kappa shape index (κ3) is 0.911. The van der Waals surface area contributed by atoms with Crippen LogP contribution in [0.15, 0.2) is 23.3 Å². The minimum absolute atomic E-state index is 0.654. The lowest BCUT2D eigenvalue weighted by molar-refractivity contribution is -0.00582. The molecule has 4 rings (SSSR count). The van der Waals surface area contributed by atoms with Crippen molar-refractivity contribution in [3.8, 4) is 24.3 Å². The Morgan fingerprint density at radius 3 is 1.40 bits per heavy atom. The predicted molar refractivity (Wildman–Crippen MR) is 68.8 cm³/mol. The molecule has 0 N–H and O–H groups in total. The van der Waals surface area contributed by atoms with E-state index in [9.17, 15) is 21.0 Å². The second kappa shape index (κ2) is 3.50. The van der Waals surface area contributed by atoms with Gasteiger partial charge >= 0.3 is 0 Å². The quantitative estimate of drug-likeness (QED) is 0.626. The molecule has 4 aliphatic rings. The van der Waals surface area contributed by atoms with Crippen molar-refractivity contribution in [1.29, 1.82) is 21.0 Å². The second-order valence-electron chi connectivity index (χ2n) is 5.48. The molecular weight excluding hydrogens is 248 g/mol. The first-order valence-electron chi connectivity index (χ1n) is 7.30. The summed E-state index contributed by atoms with van der Waals surface area (Å²) in [7, 11) is 0. The Kier molecular flexibility index (Phi) is 1.80. The van der Waals surface area contributed by atoms with Gasteiger partial charge in [0.2, 0.25) is 0 Å². The van der Waals surface area contributed by atoms with Crippen molar-refractivity contribution in [2.45, 2.75) is 13.8 Å². The Morgan fingerprint density at radius 1 is 0.850 bits per heavy atom.